The highest BCUT2D eigenvalue weighted by Gasteiger charge is 2.13. The SMILES string of the molecule is Cc1cc(OC=O)ccc1B(O)O. The third-order valence-corrected chi connectivity index (χ3v) is 1.70. The van der Waals surface area contributed by atoms with Crippen LogP contribution in [0, 0.1) is 6.92 Å². The predicted octanol–water partition coefficient (Wildman–Crippen LogP) is -0.790. The highest BCUT2D eigenvalue weighted by Crippen LogP contribution is 2.10. The Hall–Kier alpha value is -1.33. The summed E-state index contributed by atoms with van der Waals surface area (Å²) in [5.41, 5.74) is 1.06. The van der Waals surface area contributed by atoms with Crippen LogP contribution in [0.15, 0.2) is 18.2 Å². The van der Waals surface area contributed by atoms with E-state index in [4.69, 9.17) is 10.0 Å². The molecule has 0 radical (unpaired) electrons. The van der Waals surface area contributed by atoms with Crippen molar-refractivity contribution in [3.05, 3.63) is 23.8 Å². The van der Waals surface area contributed by atoms with Crippen LogP contribution in [0.2, 0.25) is 0 Å². The molecule has 0 aliphatic carbocycles. The molecule has 0 saturated carbocycles. The van der Waals surface area contributed by atoms with Gasteiger partial charge in [0.15, 0.2) is 0 Å². The maximum Gasteiger partial charge on any atom is 0.488 e. The van der Waals surface area contributed by atoms with Crippen molar-refractivity contribution in [1.29, 1.82) is 0 Å². The Balaban J connectivity index is 2.98. The van der Waals surface area contributed by atoms with Gasteiger partial charge in [-0.2, -0.15) is 0 Å². The third kappa shape index (κ3) is 2.30. The van der Waals surface area contributed by atoms with E-state index in [1.165, 1.54) is 12.1 Å². The zero-order chi connectivity index (χ0) is 9.84. The molecule has 0 saturated heterocycles. The quantitative estimate of drug-likeness (QED) is 0.472. The van der Waals surface area contributed by atoms with Crippen LogP contribution >= 0.6 is 0 Å². The first-order valence-electron chi connectivity index (χ1n) is 3.72. The monoisotopic (exact) mass is 180 g/mol. The number of benzene rings is 1. The molecule has 5 heteroatoms. The van der Waals surface area contributed by atoms with Gasteiger partial charge >= 0.3 is 7.12 Å². The Labute approximate surface area is 75.9 Å². The lowest BCUT2D eigenvalue weighted by Crippen LogP contribution is -2.31. The van der Waals surface area contributed by atoms with Crippen LogP contribution in [0.4, 0.5) is 0 Å². The van der Waals surface area contributed by atoms with E-state index in [0.29, 0.717) is 23.2 Å². The Morgan fingerprint density at radius 3 is 2.62 bits per heavy atom. The minimum Gasteiger partial charge on any atom is -0.429 e. The van der Waals surface area contributed by atoms with Gasteiger partial charge in [0.25, 0.3) is 6.47 Å². The summed E-state index contributed by atoms with van der Waals surface area (Å²) in [4.78, 5) is 9.98. The molecule has 1 aromatic rings. The molecule has 4 nitrogen and oxygen atoms in total. The number of rotatable bonds is 3. The molecule has 0 fully saturated rings. The van der Waals surface area contributed by atoms with Gasteiger partial charge in [-0.1, -0.05) is 6.07 Å². The predicted molar refractivity (Wildman–Crippen MR) is 47.7 cm³/mol. The summed E-state index contributed by atoms with van der Waals surface area (Å²) in [5, 5.41) is 17.7. The molecule has 0 amide bonds. The van der Waals surface area contributed by atoms with Gasteiger partial charge in [0, 0.05) is 0 Å². The summed E-state index contributed by atoms with van der Waals surface area (Å²) < 4.78 is 4.58. The molecule has 2 N–H and O–H groups in total. The van der Waals surface area contributed by atoms with Crippen LogP contribution in [0.3, 0.4) is 0 Å². The number of hydrogen-bond acceptors (Lipinski definition) is 4. The van der Waals surface area contributed by atoms with E-state index >= 15 is 0 Å². The van der Waals surface area contributed by atoms with Crippen LogP contribution in [0.1, 0.15) is 5.56 Å². The van der Waals surface area contributed by atoms with Crippen LogP contribution in [-0.4, -0.2) is 23.6 Å². The Morgan fingerprint density at radius 1 is 1.46 bits per heavy atom. The van der Waals surface area contributed by atoms with Gasteiger partial charge in [-0.25, -0.2) is 0 Å². The first-order valence-corrected chi connectivity index (χ1v) is 3.72. The van der Waals surface area contributed by atoms with E-state index in [9.17, 15) is 4.79 Å². The van der Waals surface area contributed by atoms with Crippen LogP contribution in [-0.2, 0) is 4.79 Å². The third-order valence-electron chi connectivity index (χ3n) is 1.70. The fourth-order valence-electron chi connectivity index (χ4n) is 1.07. The van der Waals surface area contributed by atoms with Crippen molar-refractivity contribution in [3.63, 3.8) is 0 Å². The van der Waals surface area contributed by atoms with E-state index in [1.807, 2.05) is 0 Å². The zero-order valence-electron chi connectivity index (χ0n) is 7.10. The van der Waals surface area contributed by atoms with E-state index in [1.54, 1.807) is 13.0 Å². The first kappa shape index (κ1) is 9.76. The normalized spacial score (nSPS) is 9.46. The van der Waals surface area contributed by atoms with E-state index in [2.05, 4.69) is 4.74 Å². The number of carbonyl (C=O) groups is 1. The van der Waals surface area contributed by atoms with Crippen LogP contribution < -0.4 is 10.2 Å². The van der Waals surface area contributed by atoms with E-state index < -0.39 is 7.12 Å². The maximum atomic E-state index is 9.98. The van der Waals surface area contributed by atoms with Gasteiger partial charge in [-0.05, 0) is 30.1 Å². The van der Waals surface area contributed by atoms with E-state index in [0.717, 1.165) is 0 Å². The minimum atomic E-state index is -1.50. The molecule has 1 aromatic carbocycles. The fourth-order valence-corrected chi connectivity index (χ4v) is 1.07. The summed E-state index contributed by atoms with van der Waals surface area (Å²) in [6.07, 6.45) is 0. The van der Waals surface area contributed by atoms with Crippen molar-refractivity contribution in [2.45, 2.75) is 6.92 Å². The van der Waals surface area contributed by atoms with Crippen molar-refractivity contribution >= 4 is 19.1 Å². The summed E-state index contributed by atoms with van der Waals surface area (Å²) in [6, 6.07) is 4.55. The van der Waals surface area contributed by atoms with Gasteiger partial charge in [0.2, 0.25) is 0 Å². The number of hydrogen-bond donors (Lipinski definition) is 2. The lowest BCUT2D eigenvalue weighted by atomic mass is 9.77. The van der Waals surface area contributed by atoms with Gasteiger partial charge in [-0.3, -0.25) is 4.79 Å². The van der Waals surface area contributed by atoms with Crippen molar-refractivity contribution in [1.82, 2.24) is 0 Å². The summed E-state index contributed by atoms with van der Waals surface area (Å²) in [7, 11) is -1.50. The molecule has 0 aromatic heterocycles. The molecule has 0 aliphatic heterocycles. The summed E-state index contributed by atoms with van der Waals surface area (Å²) in [6.45, 7) is 2.02. The first-order chi connectivity index (χ1) is 6.15. The molecule has 0 aliphatic rings. The second kappa shape index (κ2) is 4.07. The molecule has 0 atom stereocenters. The largest absolute Gasteiger partial charge is 0.488 e. The zero-order valence-corrected chi connectivity index (χ0v) is 7.10. The Bertz CT molecular complexity index is 311. The smallest absolute Gasteiger partial charge is 0.429 e. The average Bonchev–Trinajstić information content (AvgIpc) is 2.04. The van der Waals surface area contributed by atoms with Crippen molar-refractivity contribution in [2.75, 3.05) is 0 Å². The maximum absolute atomic E-state index is 9.98. The summed E-state index contributed by atoms with van der Waals surface area (Å²) >= 11 is 0. The lowest BCUT2D eigenvalue weighted by Gasteiger charge is -2.05. The van der Waals surface area contributed by atoms with Crippen LogP contribution in [0.5, 0.6) is 5.75 Å². The molecule has 1 rings (SSSR count). The second-order valence-electron chi connectivity index (χ2n) is 2.61. The topological polar surface area (TPSA) is 66.8 Å². The highest BCUT2D eigenvalue weighted by molar-refractivity contribution is 6.59. The molecule has 13 heavy (non-hydrogen) atoms. The lowest BCUT2D eigenvalue weighted by molar-refractivity contribution is -0.120. The standard InChI is InChI=1S/C8H9BO4/c1-6-4-7(13-5-10)2-3-8(6)9(11)12/h2-5,11-12H,1H3. The molecule has 0 bridgehead atoms. The van der Waals surface area contributed by atoms with Crippen LogP contribution in [0.25, 0.3) is 0 Å². The van der Waals surface area contributed by atoms with Gasteiger partial charge in [0.05, 0.1) is 0 Å². The minimum absolute atomic E-state index is 0.323. The molecular formula is C8H9BO4. The molecule has 0 unspecified atom stereocenters. The Morgan fingerprint density at radius 2 is 2.15 bits per heavy atom. The van der Waals surface area contributed by atoms with E-state index in [-0.39, 0.29) is 0 Å². The van der Waals surface area contributed by atoms with Gasteiger partial charge in [0.1, 0.15) is 5.75 Å². The van der Waals surface area contributed by atoms with Gasteiger partial charge < -0.3 is 14.8 Å². The number of carbonyl (C=O) groups excluding carboxylic acids is 1. The van der Waals surface area contributed by atoms with Crippen molar-refractivity contribution in [3.8, 4) is 5.75 Å². The average molecular weight is 180 g/mol. The van der Waals surface area contributed by atoms with Gasteiger partial charge in [-0.15, -0.1) is 0 Å². The molecule has 0 heterocycles. The second-order valence-corrected chi connectivity index (χ2v) is 2.61. The number of aryl methyl sites for hydroxylation is 1. The highest BCUT2D eigenvalue weighted by atomic mass is 16.5. The summed E-state index contributed by atoms with van der Waals surface area (Å²) in [5.74, 6) is 0.386. The molecule has 68 valence electrons. The number of ether oxygens (including phenoxy) is 1. The molecular weight excluding hydrogens is 171 g/mol. The van der Waals surface area contributed by atoms with Crippen molar-refractivity contribution in [2.24, 2.45) is 0 Å². The van der Waals surface area contributed by atoms with Crippen molar-refractivity contribution < 1.29 is 19.6 Å². The fraction of sp³-hybridized carbons (Fsp3) is 0.125. The molecule has 0 spiro atoms. The Kier molecular flexibility index (Phi) is 3.05.